The number of likely N-dealkylation sites (N-methyl/N-ethyl adjacent to an activating group) is 1. The minimum atomic E-state index is -0.110. The summed E-state index contributed by atoms with van der Waals surface area (Å²) in [4.78, 5) is 19.2. The standard InChI is InChI=1S/C12H15ClN4OS/c1-8-12(19-7-14-8)11(18)10-9(13)6-15-17(10)5-4-16(2)3/h6-7H,4-5H2,1-3H3. The van der Waals surface area contributed by atoms with Gasteiger partial charge in [0, 0.05) is 6.54 Å². The summed E-state index contributed by atoms with van der Waals surface area (Å²) in [6, 6.07) is 0. The summed E-state index contributed by atoms with van der Waals surface area (Å²) in [5.41, 5.74) is 2.83. The molecule has 0 unspecified atom stereocenters. The fourth-order valence-corrected chi connectivity index (χ4v) is 2.65. The molecule has 0 saturated heterocycles. The molecule has 0 atom stereocenters. The van der Waals surface area contributed by atoms with Crippen molar-refractivity contribution in [1.82, 2.24) is 19.7 Å². The van der Waals surface area contributed by atoms with Gasteiger partial charge in [-0.2, -0.15) is 5.10 Å². The number of hydrogen-bond donors (Lipinski definition) is 0. The van der Waals surface area contributed by atoms with Gasteiger partial charge in [0.25, 0.3) is 0 Å². The fraction of sp³-hybridized carbons (Fsp3) is 0.417. The first kappa shape index (κ1) is 14.2. The van der Waals surface area contributed by atoms with Gasteiger partial charge >= 0.3 is 0 Å². The molecule has 2 aromatic rings. The largest absolute Gasteiger partial charge is 0.308 e. The second-order valence-electron chi connectivity index (χ2n) is 4.46. The van der Waals surface area contributed by atoms with Gasteiger partial charge < -0.3 is 4.90 Å². The summed E-state index contributed by atoms with van der Waals surface area (Å²) >= 11 is 7.42. The van der Waals surface area contributed by atoms with E-state index in [9.17, 15) is 4.79 Å². The molecule has 0 N–H and O–H groups in total. The van der Waals surface area contributed by atoms with E-state index in [1.165, 1.54) is 17.5 Å². The van der Waals surface area contributed by atoms with Crippen molar-refractivity contribution in [2.45, 2.75) is 13.5 Å². The zero-order valence-electron chi connectivity index (χ0n) is 11.1. The first-order valence-electron chi connectivity index (χ1n) is 5.81. The van der Waals surface area contributed by atoms with Gasteiger partial charge in [-0.3, -0.25) is 9.48 Å². The highest BCUT2D eigenvalue weighted by Crippen LogP contribution is 2.23. The summed E-state index contributed by atoms with van der Waals surface area (Å²) in [6.07, 6.45) is 1.51. The molecule has 0 aliphatic rings. The zero-order chi connectivity index (χ0) is 14.0. The highest BCUT2D eigenvalue weighted by atomic mass is 35.5. The maximum absolute atomic E-state index is 12.5. The summed E-state index contributed by atoms with van der Waals surface area (Å²) in [7, 11) is 3.94. The number of ketones is 1. The molecule has 0 saturated carbocycles. The van der Waals surface area contributed by atoms with Crippen molar-refractivity contribution in [3.8, 4) is 0 Å². The predicted molar refractivity (Wildman–Crippen MR) is 76.1 cm³/mol. The van der Waals surface area contributed by atoms with Crippen LogP contribution in [0.5, 0.6) is 0 Å². The summed E-state index contributed by atoms with van der Waals surface area (Å²) in [5.74, 6) is -0.110. The lowest BCUT2D eigenvalue weighted by Crippen LogP contribution is -2.21. The lowest BCUT2D eigenvalue weighted by atomic mass is 10.2. The molecule has 5 nitrogen and oxygen atoms in total. The highest BCUT2D eigenvalue weighted by molar-refractivity contribution is 7.12. The van der Waals surface area contributed by atoms with Crippen molar-refractivity contribution in [3.05, 3.63) is 33.0 Å². The number of aromatic nitrogens is 3. The van der Waals surface area contributed by atoms with Crippen LogP contribution in [-0.4, -0.2) is 46.1 Å². The number of nitrogens with zero attached hydrogens (tertiary/aromatic N) is 4. The highest BCUT2D eigenvalue weighted by Gasteiger charge is 2.22. The summed E-state index contributed by atoms with van der Waals surface area (Å²) in [5, 5.41) is 4.56. The Hall–Kier alpha value is -1.24. The number of thiazole rings is 1. The number of carbonyl (C=O) groups is 1. The van der Waals surface area contributed by atoms with Crippen LogP contribution in [0.1, 0.15) is 21.1 Å². The second kappa shape index (κ2) is 5.81. The lowest BCUT2D eigenvalue weighted by molar-refractivity contribution is 0.103. The average Bonchev–Trinajstić information content (AvgIpc) is 2.92. The normalized spacial score (nSPS) is 11.2. The van der Waals surface area contributed by atoms with Crippen LogP contribution in [0.15, 0.2) is 11.7 Å². The first-order chi connectivity index (χ1) is 9.00. The Morgan fingerprint density at radius 3 is 2.84 bits per heavy atom. The zero-order valence-corrected chi connectivity index (χ0v) is 12.6. The van der Waals surface area contributed by atoms with Crippen molar-refractivity contribution in [3.63, 3.8) is 0 Å². The van der Waals surface area contributed by atoms with E-state index in [0.717, 1.165) is 12.2 Å². The minimum Gasteiger partial charge on any atom is -0.308 e. The van der Waals surface area contributed by atoms with Crippen LogP contribution in [0.3, 0.4) is 0 Å². The SMILES string of the molecule is Cc1ncsc1C(=O)c1c(Cl)cnn1CCN(C)C. The van der Waals surface area contributed by atoms with Gasteiger partial charge in [-0.15, -0.1) is 11.3 Å². The molecule has 0 fully saturated rings. The van der Waals surface area contributed by atoms with Crippen LogP contribution in [0.2, 0.25) is 5.02 Å². The Morgan fingerprint density at radius 1 is 1.53 bits per heavy atom. The number of carbonyl (C=O) groups excluding carboxylic acids is 1. The van der Waals surface area contributed by atoms with Crippen molar-refractivity contribution < 1.29 is 4.79 Å². The van der Waals surface area contributed by atoms with Crippen LogP contribution in [0, 0.1) is 6.92 Å². The topological polar surface area (TPSA) is 51.0 Å². The molecule has 2 heterocycles. The summed E-state index contributed by atoms with van der Waals surface area (Å²) < 4.78 is 1.66. The minimum absolute atomic E-state index is 0.110. The molecule has 2 rings (SSSR count). The molecule has 7 heteroatoms. The van der Waals surface area contributed by atoms with Gasteiger partial charge in [0.2, 0.25) is 5.78 Å². The van der Waals surface area contributed by atoms with Crippen LogP contribution in [0.25, 0.3) is 0 Å². The predicted octanol–water partition coefficient (Wildman–Crippen LogP) is 2.09. The molecular weight excluding hydrogens is 284 g/mol. The molecule has 0 aromatic carbocycles. The molecule has 0 amide bonds. The number of rotatable bonds is 5. The van der Waals surface area contributed by atoms with Crippen LogP contribution in [0.4, 0.5) is 0 Å². The molecule has 0 aliphatic carbocycles. The van der Waals surface area contributed by atoms with Crippen molar-refractivity contribution in [2.24, 2.45) is 0 Å². The van der Waals surface area contributed by atoms with Crippen LogP contribution in [-0.2, 0) is 6.54 Å². The first-order valence-corrected chi connectivity index (χ1v) is 7.07. The molecule has 0 bridgehead atoms. The van der Waals surface area contributed by atoms with Gasteiger partial charge in [-0.25, -0.2) is 4.98 Å². The molecular formula is C12H15ClN4OS. The van der Waals surface area contributed by atoms with E-state index in [2.05, 4.69) is 10.1 Å². The third-order valence-electron chi connectivity index (χ3n) is 2.72. The molecule has 0 radical (unpaired) electrons. The van der Waals surface area contributed by atoms with E-state index in [-0.39, 0.29) is 5.78 Å². The smallest absolute Gasteiger partial charge is 0.224 e. The van der Waals surface area contributed by atoms with Crippen molar-refractivity contribution in [1.29, 1.82) is 0 Å². The van der Waals surface area contributed by atoms with Crippen molar-refractivity contribution in [2.75, 3.05) is 20.6 Å². The van der Waals surface area contributed by atoms with Gasteiger partial charge in [0.15, 0.2) is 0 Å². The van der Waals surface area contributed by atoms with Crippen LogP contribution < -0.4 is 0 Å². The third kappa shape index (κ3) is 3.02. The van der Waals surface area contributed by atoms with E-state index >= 15 is 0 Å². The average molecular weight is 299 g/mol. The Bertz CT molecular complexity index is 590. The van der Waals surface area contributed by atoms with E-state index < -0.39 is 0 Å². The molecule has 0 aliphatic heterocycles. The lowest BCUT2D eigenvalue weighted by Gasteiger charge is -2.11. The maximum atomic E-state index is 12.5. The molecule has 19 heavy (non-hydrogen) atoms. The third-order valence-corrected chi connectivity index (χ3v) is 3.92. The summed E-state index contributed by atoms with van der Waals surface area (Å²) in [6.45, 7) is 3.23. The fourth-order valence-electron chi connectivity index (χ4n) is 1.68. The van der Waals surface area contributed by atoms with Crippen LogP contribution >= 0.6 is 22.9 Å². The van der Waals surface area contributed by atoms with E-state index in [4.69, 9.17) is 11.6 Å². The van der Waals surface area contributed by atoms with E-state index in [0.29, 0.717) is 22.1 Å². The van der Waals surface area contributed by atoms with Gasteiger partial charge in [0.1, 0.15) is 5.69 Å². The Labute approximate surface area is 120 Å². The van der Waals surface area contributed by atoms with Gasteiger partial charge in [-0.1, -0.05) is 11.6 Å². The molecule has 2 aromatic heterocycles. The van der Waals surface area contributed by atoms with E-state index in [1.54, 1.807) is 10.2 Å². The monoisotopic (exact) mass is 298 g/mol. The van der Waals surface area contributed by atoms with Crippen molar-refractivity contribution >= 4 is 28.7 Å². The number of aryl methyl sites for hydroxylation is 1. The quantitative estimate of drug-likeness (QED) is 0.793. The van der Waals surface area contributed by atoms with E-state index in [1.807, 2.05) is 25.9 Å². The molecule has 0 spiro atoms. The number of halogens is 1. The van der Waals surface area contributed by atoms with Gasteiger partial charge in [0.05, 0.1) is 33.8 Å². The Balaban J connectivity index is 2.31. The Kier molecular flexibility index (Phi) is 4.34. The number of hydrogen-bond acceptors (Lipinski definition) is 5. The molecule has 102 valence electrons. The maximum Gasteiger partial charge on any atom is 0.224 e. The second-order valence-corrected chi connectivity index (χ2v) is 5.73. The van der Waals surface area contributed by atoms with Gasteiger partial charge in [-0.05, 0) is 21.0 Å². The Morgan fingerprint density at radius 2 is 2.26 bits per heavy atom.